The van der Waals surface area contributed by atoms with E-state index in [2.05, 4.69) is 14.7 Å². The van der Waals surface area contributed by atoms with Crippen LogP contribution in [0.3, 0.4) is 0 Å². The van der Waals surface area contributed by atoms with Gasteiger partial charge in [-0.05, 0) is 55.2 Å². The van der Waals surface area contributed by atoms with E-state index in [0.29, 0.717) is 35.5 Å². The first-order valence-electron chi connectivity index (χ1n) is 15.8. The molecule has 1 saturated carbocycles. The average Bonchev–Trinajstić information content (AvgIpc) is 3.80. The third kappa shape index (κ3) is 7.45. The van der Waals surface area contributed by atoms with Crippen LogP contribution in [-0.4, -0.2) is 69.2 Å². The molecule has 0 radical (unpaired) electrons. The van der Waals surface area contributed by atoms with E-state index in [9.17, 15) is 44.7 Å². The third-order valence-electron chi connectivity index (χ3n) is 8.72. The van der Waals surface area contributed by atoms with Gasteiger partial charge in [-0.15, -0.1) is 0 Å². The van der Waals surface area contributed by atoms with Gasteiger partial charge in [0.05, 0.1) is 52.9 Å². The molecule has 3 N–H and O–H groups in total. The number of phenolic OH excluding ortho intramolecular Hbond substituents is 1. The zero-order chi connectivity index (χ0) is 38.5. The van der Waals surface area contributed by atoms with E-state index < -0.39 is 70.0 Å². The third-order valence-corrected chi connectivity index (χ3v) is 9.93. The minimum Gasteiger partial charge on any atom is -0.504 e. The maximum Gasteiger partial charge on any atom is 0.422 e. The van der Waals surface area contributed by atoms with Crippen molar-refractivity contribution >= 4 is 37.6 Å². The number of benzene rings is 3. The van der Waals surface area contributed by atoms with Crippen molar-refractivity contribution in [2.45, 2.75) is 43.3 Å². The molecule has 0 spiro atoms. The van der Waals surface area contributed by atoms with Crippen molar-refractivity contribution in [1.29, 1.82) is 0 Å². The molecule has 2 heterocycles. The molecular weight excluding hydrogens is 736 g/mol. The Morgan fingerprint density at radius 2 is 1.58 bits per heavy atom. The molecule has 0 atom stereocenters. The highest BCUT2D eigenvalue weighted by Gasteiger charge is 2.55. The fourth-order valence-corrected chi connectivity index (χ4v) is 7.53. The molecule has 0 saturated heterocycles. The Kier molecular flexibility index (Phi) is 9.55. The van der Waals surface area contributed by atoms with Gasteiger partial charge in [0.2, 0.25) is 21.8 Å². The highest BCUT2D eigenvalue weighted by atomic mass is 32.2. The summed E-state index contributed by atoms with van der Waals surface area (Å²) in [6.07, 6.45) is -7.64. The van der Waals surface area contributed by atoms with E-state index in [-0.39, 0.29) is 38.5 Å². The first-order chi connectivity index (χ1) is 24.9. The SMILES string of the molecule is COc1cccc(OC)c1C1(C(=O)NS(=O)(=O)Cc2ccc(-c3[nH]c(OCC(F)(F)F)c4c3c(O)c(OCC(F)(F)F)c3cccnc34)c(C)c2)CC1. The van der Waals surface area contributed by atoms with Crippen LogP contribution in [0.4, 0.5) is 26.3 Å². The van der Waals surface area contributed by atoms with Crippen molar-refractivity contribution in [1.82, 2.24) is 14.7 Å². The Morgan fingerprint density at radius 3 is 2.17 bits per heavy atom. The Hall–Kier alpha value is -5.39. The number of amides is 1. The van der Waals surface area contributed by atoms with Gasteiger partial charge < -0.3 is 29.0 Å². The number of sulfonamides is 1. The second kappa shape index (κ2) is 13.5. The van der Waals surface area contributed by atoms with Gasteiger partial charge in [0.25, 0.3) is 0 Å². The normalized spacial score (nSPS) is 14.3. The molecule has 6 rings (SSSR count). The predicted molar refractivity (Wildman–Crippen MR) is 180 cm³/mol. The summed E-state index contributed by atoms with van der Waals surface area (Å²) < 4.78 is 129. The number of ether oxygens (including phenoxy) is 4. The standard InChI is InChI=1S/C35H31F6N3O8S/c1-18-14-19(15-53(47,48)44-32(46)33(11-12-33)26-22(49-2)7-4-8-23(26)50-3)9-10-20(18)28-24-25(31(43-28)52-17-35(39,40)41)27-21(6-5-13-42-27)30(29(24)45)51-16-34(36,37)38/h4-10,13-14,43,45H,11-12,15-17H2,1-3H3,(H,44,46). The number of hydrogen-bond donors (Lipinski definition) is 3. The molecule has 1 amide bonds. The quantitative estimate of drug-likeness (QED) is 0.114. The van der Waals surface area contributed by atoms with Crippen LogP contribution in [0.1, 0.15) is 29.5 Å². The first kappa shape index (κ1) is 37.4. The maximum absolute atomic E-state index is 13.5. The molecule has 3 aromatic carbocycles. The summed E-state index contributed by atoms with van der Waals surface area (Å²) in [5, 5.41) is 10.8. The van der Waals surface area contributed by atoms with Crippen molar-refractivity contribution in [2.75, 3.05) is 27.4 Å². The molecule has 11 nitrogen and oxygen atoms in total. The minimum atomic E-state index is -4.80. The highest BCUT2D eigenvalue weighted by Crippen LogP contribution is 2.55. The summed E-state index contributed by atoms with van der Waals surface area (Å²) in [5.74, 6) is -2.62. The van der Waals surface area contributed by atoms with Crippen molar-refractivity contribution < 1.29 is 63.6 Å². The molecule has 53 heavy (non-hydrogen) atoms. The summed E-state index contributed by atoms with van der Waals surface area (Å²) >= 11 is 0. The highest BCUT2D eigenvalue weighted by molar-refractivity contribution is 7.89. The number of aromatic hydroxyl groups is 1. The number of fused-ring (bicyclic) bond motifs is 3. The number of halogens is 6. The summed E-state index contributed by atoms with van der Waals surface area (Å²) in [4.78, 5) is 20.4. The Morgan fingerprint density at radius 1 is 0.943 bits per heavy atom. The van der Waals surface area contributed by atoms with E-state index in [1.54, 1.807) is 18.2 Å². The number of nitrogens with zero attached hydrogens (tertiary/aromatic N) is 1. The number of H-pyrrole nitrogens is 1. The number of alkyl halides is 6. The van der Waals surface area contributed by atoms with Crippen LogP contribution in [0.25, 0.3) is 32.9 Å². The Balaban J connectivity index is 1.37. The van der Waals surface area contributed by atoms with Gasteiger partial charge in [-0.1, -0.05) is 24.3 Å². The maximum atomic E-state index is 13.5. The van der Waals surface area contributed by atoms with Gasteiger partial charge in [0, 0.05) is 17.1 Å². The lowest BCUT2D eigenvalue weighted by molar-refractivity contribution is -0.154. The summed E-state index contributed by atoms with van der Waals surface area (Å²) in [6.45, 7) is -2.01. The number of rotatable bonds is 12. The van der Waals surface area contributed by atoms with Crippen LogP contribution >= 0.6 is 0 Å². The molecule has 1 aliphatic rings. The van der Waals surface area contributed by atoms with Gasteiger partial charge >= 0.3 is 12.4 Å². The van der Waals surface area contributed by atoms with Crippen molar-refractivity contribution in [2.24, 2.45) is 0 Å². The smallest absolute Gasteiger partial charge is 0.422 e. The number of nitrogens with one attached hydrogen (secondary N) is 2. The lowest BCUT2D eigenvalue weighted by Gasteiger charge is -2.21. The summed E-state index contributed by atoms with van der Waals surface area (Å²) in [7, 11) is -1.46. The van der Waals surface area contributed by atoms with Gasteiger partial charge in [-0.3, -0.25) is 14.5 Å². The number of aromatic nitrogens is 2. The predicted octanol–water partition coefficient (Wildman–Crippen LogP) is 6.97. The topological polar surface area (TPSA) is 149 Å². The van der Waals surface area contributed by atoms with Gasteiger partial charge in [0.1, 0.15) is 11.5 Å². The number of methoxy groups -OCH3 is 2. The number of aromatic amines is 1. The second-order valence-electron chi connectivity index (χ2n) is 12.4. The first-order valence-corrected chi connectivity index (χ1v) is 17.4. The molecule has 0 aliphatic heterocycles. The van der Waals surface area contributed by atoms with E-state index in [1.165, 1.54) is 57.7 Å². The number of carbonyl (C=O) groups excluding carboxylic acids is 1. The molecule has 1 fully saturated rings. The number of pyridine rings is 1. The van der Waals surface area contributed by atoms with E-state index in [4.69, 9.17) is 18.9 Å². The van der Waals surface area contributed by atoms with Crippen molar-refractivity contribution in [3.63, 3.8) is 0 Å². The number of phenols is 1. The van der Waals surface area contributed by atoms with Crippen LogP contribution in [0, 0.1) is 6.92 Å². The van der Waals surface area contributed by atoms with Crippen LogP contribution in [0.15, 0.2) is 54.7 Å². The van der Waals surface area contributed by atoms with E-state index in [0.717, 1.165) is 0 Å². The van der Waals surface area contributed by atoms with Crippen molar-refractivity contribution in [3.8, 4) is 40.1 Å². The minimum absolute atomic E-state index is 0.0688. The zero-order valence-corrected chi connectivity index (χ0v) is 29.0. The molecule has 0 bridgehead atoms. The van der Waals surface area contributed by atoms with Gasteiger partial charge in [-0.25, -0.2) is 8.42 Å². The van der Waals surface area contributed by atoms with E-state index >= 15 is 0 Å². The van der Waals surface area contributed by atoms with Gasteiger partial charge in [-0.2, -0.15) is 26.3 Å². The molecule has 18 heteroatoms. The summed E-state index contributed by atoms with van der Waals surface area (Å²) in [5.41, 5.74) is -0.197. The zero-order valence-electron chi connectivity index (χ0n) is 28.2. The van der Waals surface area contributed by atoms with Crippen LogP contribution in [-0.2, 0) is 26.0 Å². The average molecular weight is 768 g/mol. The van der Waals surface area contributed by atoms with E-state index in [1.807, 2.05) is 0 Å². The Bertz CT molecular complexity index is 2310. The molecule has 282 valence electrons. The van der Waals surface area contributed by atoms with Crippen molar-refractivity contribution in [3.05, 3.63) is 71.4 Å². The fourth-order valence-electron chi connectivity index (χ4n) is 6.36. The van der Waals surface area contributed by atoms with Crippen LogP contribution in [0.2, 0.25) is 0 Å². The molecule has 5 aromatic rings. The Labute approximate surface area is 297 Å². The molecule has 2 aromatic heterocycles. The van der Waals surface area contributed by atoms with Gasteiger partial charge in [0.15, 0.2) is 24.7 Å². The lowest BCUT2D eigenvalue weighted by Crippen LogP contribution is -2.39. The number of aryl methyl sites for hydroxylation is 1. The molecule has 0 unspecified atom stereocenters. The largest absolute Gasteiger partial charge is 0.504 e. The molecule has 1 aliphatic carbocycles. The lowest BCUT2D eigenvalue weighted by atomic mass is 9.93. The monoisotopic (exact) mass is 767 g/mol. The number of hydrogen-bond acceptors (Lipinski definition) is 9. The molecular formula is C35H31F6N3O8S. The van der Waals surface area contributed by atoms with Crippen LogP contribution < -0.4 is 23.7 Å². The fraction of sp³-hybridized carbons (Fsp3) is 0.314. The number of carbonyl (C=O) groups is 1. The summed E-state index contributed by atoms with van der Waals surface area (Å²) in [6, 6.07) is 11.8. The second-order valence-corrected chi connectivity index (χ2v) is 14.1. The van der Waals surface area contributed by atoms with Crippen LogP contribution in [0.5, 0.6) is 28.9 Å².